The summed E-state index contributed by atoms with van der Waals surface area (Å²) < 4.78 is 1.89. The van der Waals surface area contributed by atoms with Crippen molar-refractivity contribution in [2.45, 2.75) is 33.2 Å². The normalized spacial score (nSPS) is 20.2. The fourth-order valence-electron chi connectivity index (χ4n) is 2.14. The Kier molecular flexibility index (Phi) is 3.19. The SMILES string of the molecule is CCn1nc(C)c(Cl)c1CC1CCNC1=O. The zero-order valence-corrected chi connectivity index (χ0v) is 10.3. The lowest BCUT2D eigenvalue weighted by atomic mass is 10.0. The molecule has 2 heterocycles. The fourth-order valence-corrected chi connectivity index (χ4v) is 2.35. The highest BCUT2D eigenvalue weighted by atomic mass is 35.5. The molecule has 4 nitrogen and oxygen atoms in total. The van der Waals surface area contributed by atoms with E-state index in [1.54, 1.807) is 0 Å². The minimum absolute atomic E-state index is 0.0545. The Morgan fingerprint density at radius 2 is 2.38 bits per heavy atom. The minimum Gasteiger partial charge on any atom is -0.356 e. The summed E-state index contributed by atoms with van der Waals surface area (Å²) in [5.41, 5.74) is 1.83. The number of aromatic nitrogens is 2. The van der Waals surface area contributed by atoms with Crippen LogP contribution in [0.25, 0.3) is 0 Å². The van der Waals surface area contributed by atoms with Gasteiger partial charge in [-0.05, 0) is 20.3 Å². The van der Waals surface area contributed by atoms with Crippen molar-refractivity contribution < 1.29 is 4.79 Å². The van der Waals surface area contributed by atoms with E-state index in [0.29, 0.717) is 11.4 Å². The molecule has 0 bridgehead atoms. The third kappa shape index (κ3) is 1.94. The van der Waals surface area contributed by atoms with E-state index in [2.05, 4.69) is 10.4 Å². The summed E-state index contributed by atoms with van der Waals surface area (Å²) in [4.78, 5) is 11.5. The molecule has 1 aromatic heterocycles. The van der Waals surface area contributed by atoms with E-state index in [9.17, 15) is 4.79 Å². The van der Waals surface area contributed by atoms with Gasteiger partial charge in [0, 0.05) is 25.4 Å². The van der Waals surface area contributed by atoms with Crippen LogP contribution in [0.2, 0.25) is 5.02 Å². The molecule has 0 radical (unpaired) electrons. The zero-order valence-electron chi connectivity index (χ0n) is 9.59. The third-order valence-corrected chi connectivity index (χ3v) is 3.55. The molecule has 0 saturated carbocycles. The summed E-state index contributed by atoms with van der Waals surface area (Å²) in [7, 11) is 0. The Hall–Kier alpha value is -1.03. The maximum Gasteiger partial charge on any atom is 0.223 e. The molecule has 1 atom stereocenters. The Labute approximate surface area is 100.0 Å². The molecule has 1 saturated heterocycles. The van der Waals surface area contributed by atoms with Gasteiger partial charge < -0.3 is 5.32 Å². The van der Waals surface area contributed by atoms with Crippen molar-refractivity contribution in [3.63, 3.8) is 0 Å². The Morgan fingerprint density at radius 1 is 1.62 bits per heavy atom. The van der Waals surface area contributed by atoms with Crippen molar-refractivity contribution in [3.8, 4) is 0 Å². The summed E-state index contributed by atoms with van der Waals surface area (Å²) in [5.74, 6) is 0.191. The van der Waals surface area contributed by atoms with Gasteiger partial charge >= 0.3 is 0 Å². The third-order valence-electron chi connectivity index (χ3n) is 3.06. The predicted octanol–water partition coefficient (Wildman–Crippen LogP) is 1.54. The number of amides is 1. The second kappa shape index (κ2) is 4.45. The van der Waals surface area contributed by atoms with E-state index in [1.165, 1.54) is 0 Å². The van der Waals surface area contributed by atoms with Gasteiger partial charge in [0.1, 0.15) is 0 Å². The van der Waals surface area contributed by atoms with Crippen molar-refractivity contribution >= 4 is 17.5 Å². The molecule has 1 aliphatic rings. The number of hydrogen-bond donors (Lipinski definition) is 1. The van der Waals surface area contributed by atoms with E-state index < -0.39 is 0 Å². The topological polar surface area (TPSA) is 46.9 Å². The standard InChI is InChI=1S/C11H16ClN3O/c1-3-15-9(10(12)7(2)14-15)6-8-4-5-13-11(8)16/h8H,3-6H2,1-2H3,(H,13,16). The smallest absolute Gasteiger partial charge is 0.223 e. The van der Waals surface area contributed by atoms with Crippen LogP contribution < -0.4 is 5.32 Å². The molecule has 1 aromatic rings. The van der Waals surface area contributed by atoms with E-state index in [-0.39, 0.29) is 11.8 Å². The van der Waals surface area contributed by atoms with Gasteiger partial charge in [-0.2, -0.15) is 5.10 Å². The molecule has 0 aromatic carbocycles. The van der Waals surface area contributed by atoms with Crippen molar-refractivity contribution in [1.82, 2.24) is 15.1 Å². The van der Waals surface area contributed by atoms with Crippen LogP contribution in [-0.2, 0) is 17.8 Å². The zero-order chi connectivity index (χ0) is 11.7. The van der Waals surface area contributed by atoms with E-state index in [0.717, 1.165) is 30.9 Å². The van der Waals surface area contributed by atoms with E-state index in [1.807, 2.05) is 18.5 Å². The van der Waals surface area contributed by atoms with Gasteiger partial charge in [0.15, 0.2) is 0 Å². The first-order valence-electron chi connectivity index (χ1n) is 5.63. The summed E-state index contributed by atoms with van der Waals surface area (Å²) in [6.07, 6.45) is 1.59. The van der Waals surface area contributed by atoms with Gasteiger partial charge in [0.05, 0.1) is 16.4 Å². The first kappa shape index (κ1) is 11.5. The van der Waals surface area contributed by atoms with E-state index >= 15 is 0 Å². The quantitative estimate of drug-likeness (QED) is 0.873. The molecule has 1 amide bonds. The lowest BCUT2D eigenvalue weighted by Gasteiger charge is -2.09. The maximum absolute atomic E-state index is 11.5. The molecule has 88 valence electrons. The van der Waals surface area contributed by atoms with Gasteiger partial charge in [-0.3, -0.25) is 9.48 Å². The van der Waals surface area contributed by atoms with Crippen LogP contribution in [0.15, 0.2) is 0 Å². The number of nitrogens with one attached hydrogen (secondary N) is 1. The molecule has 1 N–H and O–H groups in total. The molecule has 1 fully saturated rings. The molecular weight excluding hydrogens is 226 g/mol. The number of carbonyl (C=O) groups excluding carboxylic acids is 1. The molecule has 0 spiro atoms. The van der Waals surface area contributed by atoms with Crippen molar-refractivity contribution in [3.05, 3.63) is 16.4 Å². The van der Waals surface area contributed by atoms with Crippen LogP contribution in [0, 0.1) is 12.8 Å². The number of rotatable bonds is 3. The summed E-state index contributed by atoms with van der Waals surface area (Å²) in [6, 6.07) is 0. The minimum atomic E-state index is 0.0545. The number of nitrogens with zero attached hydrogens (tertiary/aromatic N) is 2. The van der Waals surface area contributed by atoms with Crippen LogP contribution in [0.5, 0.6) is 0 Å². The first-order valence-corrected chi connectivity index (χ1v) is 6.00. The summed E-state index contributed by atoms with van der Waals surface area (Å²) in [6.45, 7) is 5.49. The van der Waals surface area contributed by atoms with Gasteiger partial charge in [-0.25, -0.2) is 0 Å². The van der Waals surface area contributed by atoms with Gasteiger partial charge in [0.2, 0.25) is 5.91 Å². The average Bonchev–Trinajstić information content (AvgIpc) is 2.78. The highest BCUT2D eigenvalue weighted by molar-refractivity contribution is 6.31. The molecule has 16 heavy (non-hydrogen) atoms. The van der Waals surface area contributed by atoms with E-state index in [4.69, 9.17) is 11.6 Å². The van der Waals surface area contributed by atoms with Crippen LogP contribution in [0.4, 0.5) is 0 Å². The summed E-state index contributed by atoms with van der Waals surface area (Å²) >= 11 is 6.20. The maximum atomic E-state index is 11.5. The molecule has 0 aliphatic carbocycles. The molecular formula is C11H16ClN3O. The molecule has 1 unspecified atom stereocenters. The average molecular weight is 242 g/mol. The second-order valence-corrected chi connectivity index (χ2v) is 4.52. The lowest BCUT2D eigenvalue weighted by Crippen LogP contribution is -2.21. The number of hydrogen-bond acceptors (Lipinski definition) is 2. The Balaban J connectivity index is 2.23. The van der Waals surface area contributed by atoms with Gasteiger partial charge in [0.25, 0.3) is 0 Å². The first-order chi connectivity index (χ1) is 7.63. The largest absolute Gasteiger partial charge is 0.356 e. The highest BCUT2D eigenvalue weighted by Gasteiger charge is 2.27. The van der Waals surface area contributed by atoms with Gasteiger partial charge in [-0.15, -0.1) is 0 Å². The Morgan fingerprint density at radius 3 is 2.94 bits per heavy atom. The molecule has 2 rings (SSSR count). The highest BCUT2D eigenvalue weighted by Crippen LogP contribution is 2.25. The monoisotopic (exact) mass is 241 g/mol. The molecule has 1 aliphatic heterocycles. The predicted molar refractivity (Wildman–Crippen MR) is 62.5 cm³/mol. The van der Waals surface area contributed by atoms with Crippen LogP contribution in [-0.4, -0.2) is 22.2 Å². The number of carbonyl (C=O) groups is 1. The van der Waals surface area contributed by atoms with Crippen molar-refractivity contribution in [2.75, 3.05) is 6.54 Å². The summed E-state index contributed by atoms with van der Waals surface area (Å²) in [5, 5.41) is 7.90. The molecule has 5 heteroatoms. The van der Waals surface area contributed by atoms with Crippen LogP contribution in [0.3, 0.4) is 0 Å². The Bertz CT molecular complexity index is 414. The lowest BCUT2D eigenvalue weighted by molar-refractivity contribution is -0.122. The van der Waals surface area contributed by atoms with Crippen LogP contribution in [0.1, 0.15) is 24.7 Å². The van der Waals surface area contributed by atoms with Crippen molar-refractivity contribution in [2.24, 2.45) is 5.92 Å². The van der Waals surface area contributed by atoms with Crippen LogP contribution >= 0.6 is 11.6 Å². The van der Waals surface area contributed by atoms with Gasteiger partial charge in [-0.1, -0.05) is 11.6 Å². The number of aryl methyl sites for hydroxylation is 2. The van der Waals surface area contributed by atoms with Crippen molar-refractivity contribution in [1.29, 1.82) is 0 Å². The fraction of sp³-hybridized carbons (Fsp3) is 0.636. The number of halogens is 1. The second-order valence-electron chi connectivity index (χ2n) is 4.14.